The van der Waals surface area contributed by atoms with Crippen molar-refractivity contribution in [3.63, 3.8) is 0 Å². The molecule has 5 rings (SSSR count). The number of nitrogens with zero attached hydrogens (tertiary/aromatic N) is 3. The van der Waals surface area contributed by atoms with Crippen LogP contribution in [0, 0.1) is 19.8 Å². The number of piperidine rings is 1. The van der Waals surface area contributed by atoms with Gasteiger partial charge >= 0.3 is 5.97 Å². The van der Waals surface area contributed by atoms with E-state index in [2.05, 4.69) is 62.6 Å². The molecule has 2 aromatic heterocycles. The van der Waals surface area contributed by atoms with Gasteiger partial charge in [0.1, 0.15) is 11.9 Å². The molecule has 1 saturated heterocycles. The van der Waals surface area contributed by atoms with Gasteiger partial charge in [0.2, 0.25) is 0 Å². The van der Waals surface area contributed by atoms with Crippen LogP contribution in [0.2, 0.25) is 0 Å². The van der Waals surface area contributed by atoms with E-state index in [1.807, 2.05) is 55.8 Å². The molecule has 7 nitrogen and oxygen atoms in total. The molecule has 2 N–H and O–H groups in total. The molecule has 0 aliphatic carbocycles. The van der Waals surface area contributed by atoms with Crippen molar-refractivity contribution in [1.82, 2.24) is 10.3 Å². The monoisotopic (exact) mass is 568 g/mol. The van der Waals surface area contributed by atoms with E-state index in [1.54, 1.807) is 0 Å². The molecule has 4 aromatic rings. The van der Waals surface area contributed by atoms with E-state index < -0.39 is 12.0 Å². The number of anilines is 3. The molecule has 8 heteroatoms. The highest BCUT2D eigenvalue weighted by Crippen LogP contribution is 2.29. The van der Waals surface area contributed by atoms with Crippen molar-refractivity contribution in [2.75, 3.05) is 29.4 Å². The number of nitrogens with one attached hydrogen (secondary N) is 1. The number of aliphatic carboxylic acids is 1. The Hall–Kier alpha value is -4.17. The van der Waals surface area contributed by atoms with Gasteiger partial charge in [-0.25, -0.2) is 9.78 Å². The van der Waals surface area contributed by atoms with Crippen LogP contribution < -0.4 is 15.1 Å². The molecule has 212 valence electrons. The predicted octanol–water partition coefficient (Wildman–Crippen LogP) is 6.24. The van der Waals surface area contributed by atoms with Gasteiger partial charge in [-0.15, -0.1) is 11.3 Å². The maximum atomic E-state index is 12.8. The summed E-state index contributed by atoms with van der Waals surface area (Å²) in [4.78, 5) is 35.0. The summed E-state index contributed by atoms with van der Waals surface area (Å²) in [7, 11) is 0. The normalized spacial score (nSPS) is 14.4. The second kappa shape index (κ2) is 13.0. The Morgan fingerprint density at radius 3 is 2.34 bits per heavy atom. The van der Waals surface area contributed by atoms with Crippen LogP contribution in [-0.4, -0.2) is 47.6 Å². The summed E-state index contributed by atoms with van der Waals surface area (Å²) < 4.78 is 0. The van der Waals surface area contributed by atoms with Gasteiger partial charge in [-0.3, -0.25) is 4.79 Å². The standard InChI is InChI=1S/C33H36N4O3S/c1-23-22-41-24(2)31(23)32(38)35-29(33(39)40)20-25-11-13-27(14-12-25)36-18-15-26(16-19-36)21-37(28-8-4-3-5-9-28)30-10-6-7-17-34-30/h3-14,17,22,26,29H,15-16,18-21H2,1-2H3,(H,35,38)(H,39,40)/t29-/m0/s1. The number of benzene rings is 2. The summed E-state index contributed by atoms with van der Waals surface area (Å²) in [5.74, 6) is 0.142. The Morgan fingerprint density at radius 2 is 1.73 bits per heavy atom. The third-order valence-corrected chi connectivity index (χ3v) is 8.81. The SMILES string of the molecule is Cc1csc(C)c1C(=O)N[C@@H](Cc1ccc(N2CCC(CN(c3ccccc3)c3ccccn3)CC2)cc1)C(=O)O. The fourth-order valence-electron chi connectivity index (χ4n) is 5.50. The largest absolute Gasteiger partial charge is 0.480 e. The van der Waals surface area contributed by atoms with Gasteiger partial charge in [0.25, 0.3) is 5.91 Å². The van der Waals surface area contributed by atoms with Gasteiger partial charge in [-0.2, -0.15) is 0 Å². The maximum Gasteiger partial charge on any atom is 0.326 e. The molecule has 1 amide bonds. The molecule has 1 aliphatic rings. The molecule has 1 aliphatic heterocycles. The number of amides is 1. The van der Waals surface area contributed by atoms with Crippen LogP contribution in [0.5, 0.6) is 0 Å². The number of aromatic nitrogens is 1. The Bertz CT molecular complexity index is 1390. The van der Waals surface area contributed by atoms with Gasteiger partial charge in [0.15, 0.2) is 0 Å². The van der Waals surface area contributed by atoms with Gasteiger partial charge in [0, 0.05) is 48.5 Å². The number of carboxylic acids is 1. The molecular weight excluding hydrogens is 532 g/mol. The van der Waals surface area contributed by atoms with Crippen molar-refractivity contribution in [2.45, 2.75) is 39.2 Å². The Labute approximate surface area is 245 Å². The fourth-order valence-corrected chi connectivity index (χ4v) is 6.35. The van der Waals surface area contributed by atoms with E-state index in [1.165, 1.54) is 11.3 Å². The van der Waals surface area contributed by atoms with Gasteiger partial charge in [0.05, 0.1) is 5.56 Å². The van der Waals surface area contributed by atoms with Crippen molar-refractivity contribution < 1.29 is 14.7 Å². The number of thiophene rings is 1. The third-order valence-electron chi connectivity index (χ3n) is 7.78. The van der Waals surface area contributed by atoms with Crippen LogP contribution in [0.25, 0.3) is 0 Å². The quantitative estimate of drug-likeness (QED) is 0.236. The van der Waals surface area contributed by atoms with E-state index >= 15 is 0 Å². The molecule has 0 unspecified atom stereocenters. The lowest BCUT2D eigenvalue weighted by Gasteiger charge is -2.36. The van der Waals surface area contributed by atoms with E-state index in [9.17, 15) is 14.7 Å². The molecule has 0 spiro atoms. The number of hydrogen-bond acceptors (Lipinski definition) is 6. The molecule has 41 heavy (non-hydrogen) atoms. The predicted molar refractivity (Wildman–Crippen MR) is 165 cm³/mol. The summed E-state index contributed by atoms with van der Waals surface area (Å²) >= 11 is 1.50. The zero-order chi connectivity index (χ0) is 28.8. The summed E-state index contributed by atoms with van der Waals surface area (Å²) in [6.07, 6.45) is 4.23. The van der Waals surface area contributed by atoms with Crippen molar-refractivity contribution in [2.24, 2.45) is 5.92 Å². The smallest absolute Gasteiger partial charge is 0.326 e. The number of pyridine rings is 1. The minimum absolute atomic E-state index is 0.231. The van der Waals surface area contributed by atoms with Crippen LogP contribution >= 0.6 is 11.3 Å². The molecular formula is C33H36N4O3S. The fraction of sp³-hybridized carbons (Fsp3) is 0.303. The Kier molecular flexibility index (Phi) is 8.99. The lowest BCUT2D eigenvalue weighted by molar-refractivity contribution is -0.139. The maximum absolute atomic E-state index is 12.8. The molecule has 3 heterocycles. The number of para-hydroxylation sites is 1. The number of carboxylic acid groups (broad SMARTS) is 1. The first kappa shape index (κ1) is 28.4. The second-order valence-corrected chi connectivity index (χ2v) is 11.7. The van der Waals surface area contributed by atoms with E-state index in [0.717, 1.165) is 65.7 Å². The van der Waals surface area contributed by atoms with Crippen LogP contribution in [0.15, 0.2) is 84.4 Å². The molecule has 2 aromatic carbocycles. The van der Waals surface area contributed by atoms with Gasteiger partial charge in [-0.05, 0) is 85.5 Å². The van der Waals surface area contributed by atoms with Gasteiger partial charge < -0.3 is 20.2 Å². The van der Waals surface area contributed by atoms with Crippen molar-refractivity contribution in [3.8, 4) is 0 Å². The first-order valence-corrected chi connectivity index (χ1v) is 14.9. The summed E-state index contributed by atoms with van der Waals surface area (Å²) in [6.45, 7) is 6.59. The van der Waals surface area contributed by atoms with Crippen LogP contribution in [0.1, 0.15) is 39.2 Å². The summed E-state index contributed by atoms with van der Waals surface area (Å²) in [5, 5.41) is 14.4. The van der Waals surface area contributed by atoms with E-state index in [-0.39, 0.29) is 12.3 Å². The highest BCUT2D eigenvalue weighted by molar-refractivity contribution is 7.10. The number of carbonyl (C=O) groups is 2. The van der Waals surface area contributed by atoms with Crippen LogP contribution in [0.3, 0.4) is 0 Å². The lowest BCUT2D eigenvalue weighted by atomic mass is 9.95. The number of carbonyl (C=O) groups excluding carboxylic acids is 1. The topological polar surface area (TPSA) is 85.8 Å². The van der Waals surface area contributed by atoms with Crippen molar-refractivity contribution in [1.29, 1.82) is 0 Å². The average molecular weight is 569 g/mol. The Balaban J connectivity index is 1.18. The Morgan fingerprint density at radius 1 is 1.02 bits per heavy atom. The molecule has 0 radical (unpaired) electrons. The van der Waals surface area contributed by atoms with Crippen molar-refractivity contribution in [3.05, 3.63) is 106 Å². The second-order valence-electron chi connectivity index (χ2n) is 10.6. The highest BCUT2D eigenvalue weighted by Gasteiger charge is 2.25. The van der Waals surface area contributed by atoms with Crippen molar-refractivity contribution >= 4 is 40.4 Å². The minimum atomic E-state index is -1.04. The van der Waals surface area contributed by atoms with Crippen LogP contribution in [0.4, 0.5) is 17.2 Å². The van der Waals surface area contributed by atoms with Gasteiger partial charge in [-0.1, -0.05) is 36.4 Å². The van der Waals surface area contributed by atoms with Crippen LogP contribution in [-0.2, 0) is 11.2 Å². The molecule has 1 atom stereocenters. The minimum Gasteiger partial charge on any atom is -0.480 e. The zero-order valence-electron chi connectivity index (χ0n) is 23.5. The summed E-state index contributed by atoms with van der Waals surface area (Å²) in [5.41, 5.74) is 4.61. The number of rotatable bonds is 10. The number of hydrogen-bond donors (Lipinski definition) is 2. The van der Waals surface area contributed by atoms with E-state index in [4.69, 9.17) is 0 Å². The first-order chi connectivity index (χ1) is 19.9. The molecule has 0 saturated carbocycles. The summed E-state index contributed by atoms with van der Waals surface area (Å²) in [6, 6.07) is 23.6. The lowest BCUT2D eigenvalue weighted by Crippen LogP contribution is -2.42. The third kappa shape index (κ3) is 6.95. The zero-order valence-corrected chi connectivity index (χ0v) is 24.3. The first-order valence-electron chi connectivity index (χ1n) is 14.0. The molecule has 0 bridgehead atoms. The van der Waals surface area contributed by atoms with E-state index in [0.29, 0.717) is 11.5 Å². The molecule has 1 fully saturated rings. The average Bonchev–Trinajstić information content (AvgIpc) is 3.34. The number of aryl methyl sites for hydroxylation is 2. The highest BCUT2D eigenvalue weighted by atomic mass is 32.1.